The molecule has 0 aliphatic heterocycles. The van der Waals surface area contributed by atoms with Crippen molar-refractivity contribution in [2.24, 2.45) is 0 Å². The number of nitrogens with one attached hydrogen (secondary N) is 1. The molecule has 1 aromatic carbocycles. The van der Waals surface area contributed by atoms with Crippen molar-refractivity contribution < 1.29 is 14.3 Å². The number of aromatic carboxylic acids is 1. The molecule has 0 unspecified atom stereocenters. The highest BCUT2D eigenvalue weighted by Crippen LogP contribution is 2.26. The van der Waals surface area contributed by atoms with Crippen LogP contribution in [0.25, 0.3) is 0 Å². The smallest absolute Gasteiger partial charge is 0.339 e. The minimum atomic E-state index is -0.977. The van der Waals surface area contributed by atoms with Crippen LogP contribution in [0.3, 0.4) is 0 Å². The number of carboxylic acids is 1. The highest BCUT2D eigenvalue weighted by Gasteiger charge is 2.13. The van der Waals surface area contributed by atoms with Gasteiger partial charge in [-0.15, -0.1) is 0 Å². The first-order valence-electron chi connectivity index (χ1n) is 5.79. The Morgan fingerprint density at radius 1 is 1.37 bits per heavy atom. The van der Waals surface area contributed by atoms with Crippen LogP contribution >= 0.6 is 15.9 Å². The van der Waals surface area contributed by atoms with Gasteiger partial charge in [-0.25, -0.2) is 4.79 Å². The third kappa shape index (κ3) is 2.98. The SMILES string of the molecule is Cc1cc(Br)cc(C)c1NCc1occc1C(=O)O. The average Bonchev–Trinajstić information content (AvgIpc) is 2.75. The second-order valence-corrected chi connectivity index (χ2v) is 5.25. The number of hydrogen-bond donors (Lipinski definition) is 2. The highest BCUT2D eigenvalue weighted by atomic mass is 79.9. The van der Waals surface area contributed by atoms with Gasteiger partial charge in [0.1, 0.15) is 11.3 Å². The molecule has 0 amide bonds. The van der Waals surface area contributed by atoms with Crippen molar-refractivity contribution in [3.05, 3.63) is 51.4 Å². The van der Waals surface area contributed by atoms with Gasteiger partial charge in [0.2, 0.25) is 0 Å². The zero-order chi connectivity index (χ0) is 14.0. The minimum Gasteiger partial charge on any atom is -0.478 e. The molecule has 0 spiro atoms. The predicted molar refractivity (Wildman–Crippen MR) is 76.6 cm³/mol. The van der Waals surface area contributed by atoms with E-state index in [4.69, 9.17) is 9.52 Å². The van der Waals surface area contributed by atoms with Crippen LogP contribution in [-0.2, 0) is 6.54 Å². The molecule has 5 heteroatoms. The van der Waals surface area contributed by atoms with Crippen molar-refractivity contribution in [1.29, 1.82) is 0 Å². The number of carbonyl (C=O) groups is 1. The predicted octanol–water partition coefficient (Wildman–Crippen LogP) is 3.97. The van der Waals surface area contributed by atoms with Crippen LogP contribution < -0.4 is 5.32 Å². The summed E-state index contributed by atoms with van der Waals surface area (Å²) in [6, 6.07) is 5.48. The zero-order valence-electron chi connectivity index (χ0n) is 10.7. The largest absolute Gasteiger partial charge is 0.478 e. The molecule has 0 bridgehead atoms. The quantitative estimate of drug-likeness (QED) is 0.893. The van der Waals surface area contributed by atoms with Crippen molar-refractivity contribution in [3.63, 3.8) is 0 Å². The van der Waals surface area contributed by atoms with E-state index in [1.165, 1.54) is 12.3 Å². The molecule has 2 N–H and O–H groups in total. The molecule has 0 atom stereocenters. The molecule has 0 aliphatic rings. The molecular formula is C14H14BrNO3. The van der Waals surface area contributed by atoms with Crippen LogP contribution in [0.5, 0.6) is 0 Å². The number of hydrogen-bond acceptors (Lipinski definition) is 3. The minimum absolute atomic E-state index is 0.194. The van der Waals surface area contributed by atoms with E-state index in [-0.39, 0.29) is 5.56 Å². The monoisotopic (exact) mass is 323 g/mol. The molecule has 2 rings (SSSR count). The Morgan fingerprint density at radius 3 is 2.58 bits per heavy atom. The fourth-order valence-corrected chi connectivity index (χ4v) is 2.71. The van der Waals surface area contributed by atoms with E-state index in [9.17, 15) is 4.79 Å². The number of carboxylic acid groups (broad SMARTS) is 1. The number of anilines is 1. The number of aryl methyl sites for hydroxylation is 2. The third-order valence-electron chi connectivity index (χ3n) is 2.90. The van der Waals surface area contributed by atoms with Gasteiger partial charge in [0.25, 0.3) is 0 Å². The Bertz CT molecular complexity index is 596. The van der Waals surface area contributed by atoms with Crippen LogP contribution in [-0.4, -0.2) is 11.1 Å². The summed E-state index contributed by atoms with van der Waals surface area (Å²) in [6.45, 7) is 4.35. The Labute approximate surface area is 119 Å². The molecule has 2 aromatic rings. The maximum atomic E-state index is 11.0. The van der Waals surface area contributed by atoms with Crippen molar-refractivity contribution in [2.75, 3.05) is 5.32 Å². The van der Waals surface area contributed by atoms with Gasteiger partial charge in [0, 0.05) is 10.2 Å². The Morgan fingerprint density at radius 2 is 2.00 bits per heavy atom. The van der Waals surface area contributed by atoms with Crippen LogP contribution in [0.1, 0.15) is 27.2 Å². The number of benzene rings is 1. The molecule has 1 heterocycles. The number of furan rings is 1. The summed E-state index contributed by atoms with van der Waals surface area (Å²) in [5.41, 5.74) is 3.38. The molecule has 19 heavy (non-hydrogen) atoms. The van der Waals surface area contributed by atoms with Crippen molar-refractivity contribution >= 4 is 27.6 Å². The Balaban J connectivity index is 2.19. The van der Waals surface area contributed by atoms with Crippen LogP contribution in [0.15, 0.2) is 33.4 Å². The molecule has 4 nitrogen and oxygen atoms in total. The van der Waals surface area contributed by atoms with E-state index < -0.39 is 5.97 Å². The summed E-state index contributed by atoms with van der Waals surface area (Å²) in [4.78, 5) is 11.0. The normalized spacial score (nSPS) is 10.5. The van der Waals surface area contributed by atoms with Gasteiger partial charge in [-0.2, -0.15) is 0 Å². The first kappa shape index (κ1) is 13.7. The third-order valence-corrected chi connectivity index (χ3v) is 3.36. The maximum Gasteiger partial charge on any atom is 0.339 e. The molecule has 0 aliphatic carbocycles. The van der Waals surface area contributed by atoms with E-state index in [1.807, 2.05) is 26.0 Å². The second kappa shape index (κ2) is 5.48. The maximum absolute atomic E-state index is 11.0. The van der Waals surface area contributed by atoms with Crippen LogP contribution in [0.4, 0.5) is 5.69 Å². The number of halogens is 1. The summed E-state index contributed by atoms with van der Waals surface area (Å²) in [6.07, 6.45) is 1.39. The van der Waals surface area contributed by atoms with Gasteiger partial charge >= 0.3 is 5.97 Å². The van der Waals surface area contributed by atoms with Gasteiger partial charge in [-0.3, -0.25) is 0 Å². The average molecular weight is 324 g/mol. The number of rotatable bonds is 4. The summed E-state index contributed by atoms with van der Waals surface area (Å²) >= 11 is 3.44. The fraction of sp³-hybridized carbons (Fsp3) is 0.214. The molecular weight excluding hydrogens is 310 g/mol. The zero-order valence-corrected chi connectivity index (χ0v) is 12.2. The fourth-order valence-electron chi connectivity index (χ4n) is 2.03. The van der Waals surface area contributed by atoms with Crippen molar-refractivity contribution in [2.45, 2.75) is 20.4 Å². The van der Waals surface area contributed by atoms with Gasteiger partial charge in [-0.05, 0) is 43.2 Å². The summed E-state index contributed by atoms with van der Waals surface area (Å²) in [7, 11) is 0. The summed E-state index contributed by atoms with van der Waals surface area (Å²) in [5.74, 6) is -0.552. The van der Waals surface area contributed by atoms with Crippen LogP contribution in [0.2, 0.25) is 0 Å². The van der Waals surface area contributed by atoms with Crippen LogP contribution in [0, 0.1) is 13.8 Å². The lowest BCUT2D eigenvalue weighted by atomic mass is 10.1. The second-order valence-electron chi connectivity index (χ2n) is 4.33. The highest BCUT2D eigenvalue weighted by molar-refractivity contribution is 9.10. The summed E-state index contributed by atoms with van der Waals surface area (Å²) in [5, 5.41) is 12.2. The first-order chi connectivity index (χ1) is 8.99. The van der Waals surface area contributed by atoms with Gasteiger partial charge in [0.05, 0.1) is 12.8 Å². The van der Waals surface area contributed by atoms with Crippen molar-refractivity contribution in [3.8, 4) is 0 Å². The topological polar surface area (TPSA) is 62.5 Å². The van der Waals surface area contributed by atoms with E-state index in [2.05, 4.69) is 21.2 Å². The Hall–Kier alpha value is -1.75. The van der Waals surface area contributed by atoms with E-state index >= 15 is 0 Å². The lowest BCUT2D eigenvalue weighted by Crippen LogP contribution is -2.06. The summed E-state index contributed by atoms with van der Waals surface area (Å²) < 4.78 is 6.22. The Kier molecular flexibility index (Phi) is 3.95. The van der Waals surface area contributed by atoms with Gasteiger partial charge in [-0.1, -0.05) is 15.9 Å². The molecule has 100 valence electrons. The van der Waals surface area contributed by atoms with Gasteiger partial charge < -0.3 is 14.8 Å². The lowest BCUT2D eigenvalue weighted by molar-refractivity contribution is 0.0694. The van der Waals surface area contributed by atoms with E-state index in [0.717, 1.165) is 21.3 Å². The molecule has 0 radical (unpaired) electrons. The molecule has 1 aromatic heterocycles. The molecule has 0 saturated heterocycles. The van der Waals surface area contributed by atoms with E-state index in [1.54, 1.807) is 0 Å². The molecule has 0 fully saturated rings. The lowest BCUT2D eigenvalue weighted by Gasteiger charge is -2.12. The van der Waals surface area contributed by atoms with E-state index in [0.29, 0.717) is 12.3 Å². The molecule has 0 saturated carbocycles. The standard InChI is InChI=1S/C14H14BrNO3/c1-8-5-10(15)6-9(2)13(8)16-7-12-11(14(17)18)3-4-19-12/h3-6,16H,7H2,1-2H3,(H,17,18). The van der Waals surface area contributed by atoms with Crippen molar-refractivity contribution in [1.82, 2.24) is 0 Å². The van der Waals surface area contributed by atoms with Gasteiger partial charge in [0.15, 0.2) is 0 Å². The first-order valence-corrected chi connectivity index (χ1v) is 6.58.